The average molecular weight is 410 g/mol. The van der Waals surface area contributed by atoms with Gasteiger partial charge in [0.25, 0.3) is 0 Å². The minimum atomic E-state index is -3.53. The van der Waals surface area contributed by atoms with Crippen molar-refractivity contribution in [3.05, 3.63) is 24.3 Å². The Morgan fingerprint density at radius 3 is 2.11 bits per heavy atom. The summed E-state index contributed by atoms with van der Waals surface area (Å²) in [5.41, 5.74) is 0. The Bertz CT molecular complexity index is 730. The standard InChI is InChI=1S/C21H35N3O3S/c1-22-15-13-17(14-16-22)23(2)20-7-5-6-8-21(20)24(3)28(25,26)19-11-9-18(27-4)10-12-19/h9-12,17,20-21H,5-8,13-16H2,1-4H3. The molecule has 6 nitrogen and oxygen atoms in total. The van der Waals surface area contributed by atoms with E-state index in [-0.39, 0.29) is 12.1 Å². The Morgan fingerprint density at radius 1 is 0.964 bits per heavy atom. The topological polar surface area (TPSA) is 53.1 Å². The van der Waals surface area contributed by atoms with Crippen LogP contribution in [0.3, 0.4) is 0 Å². The second-order valence-corrected chi connectivity index (χ2v) is 10.3. The van der Waals surface area contributed by atoms with Crippen molar-refractivity contribution in [1.29, 1.82) is 0 Å². The first-order valence-electron chi connectivity index (χ1n) is 10.4. The molecule has 158 valence electrons. The Labute approximate surface area is 170 Å². The molecule has 2 atom stereocenters. The minimum Gasteiger partial charge on any atom is -0.497 e. The van der Waals surface area contributed by atoms with E-state index in [1.165, 1.54) is 6.42 Å². The van der Waals surface area contributed by atoms with E-state index in [0.29, 0.717) is 16.7 Å². The van der Waals surface area contributed by atoms with Gasteiger partial charge in [0.2, 0.25) is 10.0 Å². The summed E-state index contributed by atoms with van der Waals surface area (Å²) in [6.07, 6.45) is 6.57. The summed E-state index contributed by atoms with van der Waals surface area (Å²) >= 11 is 0. The van der Waals surface area contributed by atoms with Gasteiger partial charge < -0.3 is 9.64 Å². The van der Waals surface area contributed by atoms with Crippen LogP contribution in [0.5, 0.6) is 5.75 Å². The van der Waals surface area contributed by atoms with E-state index in [2.05, 4.69) is 23.9 Å². The molecule has 28 heavy (non-hydrogen) atoms. The number of sulfonamides is 1. The van der Waals surface area contributed by atoms with Crippen LogP contribution in [-0.2, 0) is 10.0 Å². The number of rotatable bonds is 6. The second-order valence-electron chi connectivity index (χ2n) is 8.32. The van der Waals surface area contributed by atoms with Gasteiger partial charge in [-0.2, -0.15) is 4.31 Å². The predicted octanol–water partition coefficient (Wildman–Crippen LogP) is 2.65. The molecule has 2 unspecified atom stereocenters. The molecule has 0 spiro atoms. The molecule has 0 N–H and O–H groups in total. The molecule has 1 aliphatic carbocycles. The van der Waals surface area contributed by atoms with E-state index in [9.17, 15) is 8.42 Å². The fourth-order valence-electron chi connectivity index (χ4n) is 4.76. The van der Waals surface area contributed by atoms with Crippen LogP contribution in [0.15, 0.2) is 29.2 Å². The molecule has 3 rings (SSSR count). The fourth-order valence-corrected chi connectivity index (χ4v) is 6.17. The van der Waals surface area contributed by atoms with E-state index < -0.39 is 10.0 Å². The maximum Gasteiger partial charge on any atom is 0.243 e. The van der Waals surface area contributed by atoms with E-state index in [1.807, 2.05) is 0 Å². The first kappa shape index (κ1) is 21.6. The highest BCUT2D eigenvalue weighted by Crippen LogP contribution is 2.32. The van der Waals surface area contributed by atoms with Gasteiger partial charge in [-0.15, -0.1) is 0 Å². The number of hydrogen-bond acceptors (Lipinski definition) is 5. The van der Waals surface area contributed by atoms with Gasteiger partial charge in [0.05, 0.1) is 12.0 Å². The van der Waals surface area contributed by atoms with Crippen molar-refractivity contribution >= 4 is 10.0 Å². The summed E-state index contributed by atoms with van der Waals surface area (Å²) < 4.78 is 33.3. The van der Waals surface area contributed by atoms with Crippen LogP contribution in [-0.4, -0.2) is 82.0 Å². The van der Waals surface area contributed by atoms with Crippen molar-refractivity contribution in [3.8, 4) is 5.75 Å². The number of hydrogen-bond donors (Lipinski definition) is 0. The summed E-state index contributed by atoms with van der Waals surface area (Å²) in [6.45, 7) is 2.23. The molecule has 2 fully saturated rings. The Hall–Kier alpha value is -1.15. The molecule has 1 aromatic carbocycles. The second kappa shape index (κ2) is 9.11. The summed E-state index contributed by atoms with van der Waals surface area (Å²) in [6, 6.07) is 7.55. The third-order valence-corrected chi connectivity index (χ3v) is 8.58. The van der Waals surface area contributed by atoms with Crippen LogP contribution < -0.4 is 4.74 Å². The molecule has 1 aliphatic heterocycles. The Balaban J connectivity index is 1.78. The van der Waals surface area contributed by atoms with Gasteiger partial charge in [0.15, 0.2) is 0 Å². The molecule has 1 heterocycles. The van der Waals surface area contributed by atoms with Crippen LogP contribution in [0.1, 0.15) is 38.5 Å². The third-order valence-electron chi connectivity index (χ3n) is 6.68. The lowest BCUT2D eigenvalue weighted by molar-refractivity contribution is 0.0534. The largest absolute Gasteiger partial charge is 0.497 e. The lowest BCUT2D eigenvalue weighted by Gasteiger charge is -2.46. The number of likely N-dealkylation sites (tertiary alicyclic amines) is 1. The Kier molecular flexibility index (Phi) is 7.02. The number of benzene rings is 1. The lowest BCUT2D eigenvalue weighted by Crippen LogP contribution is -2.56. The van der Waals surface area contributed by atoms with Crippen molar-refractivity contribution in [1.82, 2.24) is 14.1 Å². The zero-order valence-corrected chi connectivity index (χ0v) is 18.5. The quantitative estimate of drug-likeness (QED) is 0.723. The van der Waals surface area contributed by atoms with Gasteiger partial charge in [-0.05, 0) is 77.1 Å². The molecular formula is C21H35N3O3S. The molecule has 0 bridgehead atoms. The normalized spacial score (nSPS) is 25.4. The van der Waals surface area contributed by atoms with Crippen molar-refractivity contribution in [2.75, 3.05) is 41.3 Å². The van der Waals surface area contributed by atoms with Crippen LogP contribution in [0.4, 0.5) is 0 Å². The van der Waals surface area contributed by atoms with Crippen LogP contribution >= 0.6 is 0 Å². The summed E-state index contributed by atoms with van der Waals surface area (Å²) in [5.74, 6) is 0.666. The predicted molar refractivity (Wildman–Crippen MR) is 112 cm³/mol. The number of likely N-dealkylation sites (N-methyl/N-ethyl adjacent to an activating group) is 2. The molecular weight excluding hydrogens is 374 g/mol. The van der Waals surface area contributed by atoms with Gasteiger partial charge in [0.1, 0.15) is 5.75 Å². The molecule has 1 saturated carbocycles. The zero-order valence-electron chi connectivity index (χ0n) is 17.7. The van der Waals surface area contributed by atoms with Crippen LogP contribution in [0.2, 0.25) is 0 Å². The van der Waals surface area contributed by atoms with E-state index in [1.54, 1.807) is 42.7 Å². The van der Waals surface area contributed by atoms with Gasteiger partial charge >= 0.3 is 0 Å². The van der Waals surface area contributed by atoms with E-state index in [0.717, 1.165) is 45.2 Å². The highest BCUT2D eigenvalue weighted by atomic mass is 32.2. The summed E-state index contributed by atoms with van der Waals surface area (Å²) in [4.78, 5) is 5.20. The van der Waals surface area contributed by atoms with E-state index >= 15 is 0 Å². The fraction of sp³-hybridized carbons (Fsp3) is 0.714. The van der Waals surface area contributed by atoms with Gasteiger partial charge in [0, 0.05) is 25.2 Å². The van der Waals surface area contributed by atoms with Crippen LogP contribution in [0.25, 0.3) is 0 Å². The van der Waals surface area contributed by atoms with Crippen molar-refractivity contribution < 1.29 is 13.2 Å². The highest BCUT2D eigenvalue weighted by molar-refractivity contribution is 7.89. The van der Waals surface area contributed by atoms with Crippen molar-refractivity contribution in [2.24, 2.45) is 0 Å². The number of ether oxygens (including phenoxy) is 1. The molecule has 1 aromatic rings. The van der Waals surface area contributed by atoms with E-state index in [4.69, 9.17) is 4.74 Å². The minimum absolute atomic E-state index is 0.0190. The van der Waals surface area contributed by atoms with Crippen molar-refractivity contribution in [2.45, 2.75) is 61.5 Å². The Morgan fingerprint density at radius 2 is 1.54 bits per heavy atom. The molecule has 0 aromatic heterocycles. The third kappa shape index (κ3) is 4.53. The number of nitrogens with zero attached hydrogens (tertiary/aromatic N) is 3. The monoisotopic (exact) mass is 409 g/mol. The molecule has 0 radical (unpaired) electrons. The first-order chi connectivity index (χ1) is 13.3. The van der Waals surface area contributed by atoms with Gasteiger partial charge in [-0.1, -0.05) is 12.8 Å². The molecule has 2 aliphatic rings. The zero-order chi connectivity index (χ0) is 20.3. The molecule has 1 saturated heterocycles. The average Bonchev–Trinajstić information content (AvgIpc) is 2.73. The SMILES string of the molecule is COc1ccc(S(=O)(=O)N(C)C2CCCCC2N(C)C2CCN(C)CC2)cc1. The highest BCUT2D eigenvalue weighted by Gasteiger charge is 2.39. The van der Waals surface area contributed by atoms with Crippen LogP contribution in [0, 0.1) is 0 Å². The lowest BCUT2D eigenvalue weighted by atomic mass is 9.87. The number of methoxy groups -OCH3 is 1. The summed E-state index contributed by atoms with van der Waals surface area (Å²) in [5, 5.41) is 0. The van der Waals surface area contributed by atoms with Gasteiger partial charge in [-0.25, -0.2) is 8.42 Å². The number of piperidine rings is 1. The van der Waals surface area contributed by atoms with Gasteiger partial charge in [-0.3, -0.25) is 4.90 Å². The molecule has 0 amide bonds. The molecule has 7 heteroatoms. The summed E-state index contributed by atoms with van der Waals surface area (Å²) in [7, 11) is 4.19. The maximum absolute atomic E-state index is 13.3. The maximum atomic E-state index is 13.3. The van der Waals surface area contributed by atoms with Crippen molar-refractivity contribution in [3.63, 3.8) is 0 Å². The smallest absolute Gasteiger partial charge is 0.243 e. The first-order valence-corrected chi connectivity index (χ1v) is 11.8.